The van der Waals surface area contributed by atoms with E-state index in [4.69, 9.17) is 13.9 Å². The summed E-state index contributed by atoms with van der Waals surface area (Å²) in [6.45, 7) is 4.76. The lowest BCUT2D eigenvalue weighted by molar-refractivity contribution is 0.0984. The number of amides is 1. The molecule has 154 valence electrons. The van der Waals surface area contributed by atoms with E-state index in [2.05, 4.69) is 10.3 Å². The fourth-order valence-electron chi connectivity index (χ4n) is 3.25. The minimum Gasteiger partial charge on any atom is -0.497 e. The van der Waals surface area contributed by atoms with Crippen molar-refractivity contribution in [3.05, 3.63) is 64.7 Å². The summed E-state index contributed by atoms with van der Waals surface area (Å²) in [4.78, 5) is 18.6. The van der Waals surface area contributed by atoms with Crippen LogP contribution in [0.3, 0.4) is 0 Å². The van der Waals surface area contributed by atoms with Crippen molar-refractivity contribution in [1.82, 2.24) is 4.98 Å². The van der Waals surface area contributed by atoms with Gasteiger partial charge in [-0.15, -0.1) is 11.3 Å². The standard InChI is InChI=1S/C23H22N2O4S/c1-4-28-13-18-17-7-5-6-8-19(17)29-21(18)22(26)25-23-24-20(14(2)30-23)15-9-11-16(27-3)12-10-15/h5-12H,4,13H2,1-3H3,(H,24,25,26). The van der Waals surface area contributed by atoms with Crippen LogP contribution in [-0.4, -0.2) is 24.6 Å². The van der Waals surface area contributed by atoms with Gasteiger partial charge in [0.05, 0.1) is 19.4 Å². The lowest BCUT2D eigenvalue weighted by Gasteiger charge is -2.04. The van der Waals surface area contributed by atoms with Gasteiger partial charge in [-0.2, -0.15) is 0 Å². The molecule has 1 N–H and O–H groups in total. The molecule has 0 radical (unpaired) electrons. The van der Waals surface area contributed by atoms with E-state index in [9.17, 15) is 4.79 Å². The molecule has 4 aromatic rings. The molecule has 2 heterocycles. The van der Waals surface area contributed by atoms with Crippen molar-refractivity contribution in [2.75, 3.05) is 19.0 Å². The van der Waals surface area contributed by atoms with Crippen molar-refractivity contribution in [1.29, 1.82) is 0 Å². The summed E-state index contributed by atoms with van der Waals surface area (Å²) in [5.41, 5.74) is 3.20. The van der Waals surface area contributed by atoms with Gasteiger partial charge in [0.15, 0.2) is 10.9 Å². The van der Waals surface area contributed by atoms with Gasteiger partial charge in [0.2, 0.25) is 0 Å². The number of carbonyl (C=O) groups is 1. The van der Waals surface area contributed by atoms with Gasteiger partial charge < -0.3 is 13.9 Å². The predicted molar refractivity (Wildman–Crippen MR) is 118 cm³/mol. The zero-order chi connectivity index (χ0) is 21.1. The Bertz CT molecular complexity index is 1180. The van der Waals surface area contributed by atoms with Crippen LogP contribution in [-0.2, 0) is 11.3 Å². The Morgan fingerprint density at radius 1 is 1.17 bits per heavy atom. The van der Waals surface area contributed by atoms with E-state index in [-0.39, 0.29) is 11.7 Å². The highest BCUT2D eigenvalue weighted by Gasteiger charge is 2.22. The van der Waals surface area contributed by atoms with E-state index < -0.39 is 0 Å². The van der Waals surface area contributed by atoms with E-state index in [1.165, 1.54) is 11.3 Å². The predicted octanol–water partition coefficient (Wildman–Crippen LogP) is 5.66. The third-order valence-corrected chi connectivity index (χ3v) is 5.62. The molecule has 0 saturated heterocycles. The number of aromatic nitrogens is 1. The van der Waals surface area contributed by atoms with Crippen LogP contribution in [0.25, 0.3) is 22.2 Å². The Morgan fingerprint density at radius 3 is 2.67 bits per heavy atom. The van der Waals surface area contributed by atoms with E-state index in [0.717, 1.165) is 32.8 Å². The summed E-state index contributed by atoms with van der Waals surface area (Å²) in [6, 6.07) is 15.2. The largest absolute Gasteiger partial charge is 0.497 e. The molecule has 0 unspecified atom stereocenters. The molecule has 0 fully saturated rings. The van der Waals surface area contributed by atoms with Crippen molar-refractivity contribution in [2.24, 2.45) is 0 Å². The summed E-state index contributed by atoms with van der Waals surface area (Å²) in [5, 5.41) is 4.28. The number of para-hydroxylation sites is 1. The second kappa shape index (κ2) is 8.69. The van der Waals surface area contributed by atoms with Gasteiger partial charge in [0.1, 0.15) is 11.3 Å². The van der Waals surface area contributed by atoms with Crippen molar-refractivity contribution in [3.8, 4) is 17.0 Å². The van der Waals surface area contributed by atoms with Gasteiger partial charge in [-0.1, -0.05) is 18.2 Å². The van der Waals surface area contributed by atoms with Crippen LogP contribution < -0.4 is 10.1 Å². The van der Waals surface area contributed by atoms with Crippen LogP contribution in [0.15, 0.2) is 52.9 Å². The molecule has 30 heavy (non-hydrogen) atoms. The molecule has 0 aliphatic rings. The minimum atomic E-state index is -0.337. The summed E-state index contributed by atoms with van der Waals surface area (Å²) in [5.74, 6) is 0.700. The zero-order valence-electron chi connectivity index (χ0n) is 17.0. The number of nitrogens with one attached hydrogen (secondary N) is 1. The van der Waals surface area contributed by atoms with Crippen LogP contribution in [0.4, 0.5) is 5.13 Å². The third kappa shape index (κ3) is 3.94. The molecule has 4 rings (SSSR count). The SMILES string of the molecule is CCOCc1c(C(=O)Nc2nc(-c3ccc(OC)cc3)c(C)s2)oc2ccccc12. The Morgan fingerprint density at radius 2 is 1.93 bits per heavy atom. The molecule has 7 heteroatoms. The van der Waals surface area contributed by atoms with Gasteiger partial charge in [-0.05, 0) is 44.2 Å². The normalized spacial score (nSPS) is 11.0. The molecule has 0 saturated carbocycles. The van der Waals surface area contributed by atoms with Crippen LogP contribution in [0.1, 0.15) is 27.9 Å². The number of fused-ring (bicyclic) bond motifs is 1. The highest BCUT2D eigenvalue weighted by Crippen LogP contribution is 2.32. The average molecular weight is 423 g/mol. The smallest absolute Gasteiger partial charge is 0.293 e. The zero-order valence-corrected chi connectivity index (χ0v) is 17.8. The Balaban J connectivity index is 1.61. The summed E-state index contributed by atoms with van der Waals surface area (Å²) in [6.07, 6.45) is 0. The molecule has 0 aliphatic heterocycles. The van der Waals surface area contributed by atoms with Crippen LogP contribution in [0, 0.1) is 6.92 Å². The number of carbonyl (C=O) groups excluding carboxylic acids is 1. The number of benzene rings is 2. The maximum Gasteiger partial charge on any atom is 0.293 e. The fraction of sp³-hybridized carbons (Fsp3) is 0.217. The van der Waals surface area contributed by atoms with Crippen molar-refractivity contribution < 1.29 is 18.7 Å². The number of methoxy groups -OCH3 is 1. The van der Waals surface area contributed by atoms with Crippen LogP contribution in [0.5, 0.6) is 5.75 Å². The molecule has 0 aliphatic carbocycles. The molecular formula is C23H22N2O4S. The molecule has 2 aromatic heterocycles. The lowest BCUT2D eigenvalue weighted by atomic mass is 10.1. The number of anilines is 1. The van der Waals surface area contributed by atoms with Gasteiger partial charge in [-0.3, -0.25) is 10.1 Å². The first-order valence-corrected chi connectivity index (χ1v) is 10.4. The second-order valence-corrected chi connectivity index (χ2v) is 7.85. The Kier molecular flexibility index (Phi) is 5.83. The average Bonchev–Trinajstić information content (AvgIpc) is 3.32. The molecule has 6 nitrogen and oxygen atoms in total. The van der Waals surface area contributed by atoms with E-state index >= 15 is 0 Å². The molecule has 2 aromatic carbocycles. The monoisotopic (exact) mass is 422 g/mol. The highest BCUT2D eigenvalue weighted by molar-refractivity contribution is 7.16. The van der Waals surface area contributed by atoms with Gasteiger partial charge >= 0.3 is 0 Å². The van der Waals surface area contributed by atoms with Crippen LogP contribution >= 0.6 is 11.3 Å². The first-order chi connectivity index (χ1) is 14.6. The molecule has 0 atom stereocenters. The summed E-state index contributed by atoms with van der Waals surface area (Å²) < 4.78 is 16.6. The Labute approximate surface area is 178 Å². The topological polar surface area (TPSA) is 73.6 Å². The number of hydrogen-bond donors (Lipinski definition) is 1. The lowest BCUT2D eigenvalue weighted by Crippen LogP contribution is -2.13. The Hall–Kier alpha value is -3.16. The number of ether oxygens (including phenoxy) is 2. The summed E-state index contributed by atoms with van der Waals surface area (Å²) in [7, 11) is 1.63. The first kappa shape index (κ1) is 20.1. The van der Waals surface area contributed by atoms with Crippen molar-refractivity contribution >= 4 is 33.3 Å². The van der Waals surface area contributed by atoms with Gasteiger partial charge in [0, 0.05) is 28.0 Å². The van der Waals surface area contributed by atoms with Crippen molar-refractivity contribution in [3.63, 3.8) is 0 Å². The quantitative estimate of drug-likeness (QED) is 0.416. The summed E-state index contributed by atoms with van der Waals surface area (Å²) >= 11 is 1.43. The van der Waals surface area contributed by atoms with Gasteiger partial charge in [-0.25, -0.2) is 4.98 Å². The molecular weight excluding hydrogens is 400 g/mol. The maximum absolute atomic E-state index is 13.0. The highest BCUT2D eigenvalue weighted by atomic mass is 32.1. The molecule has 0 bridgehead atoms. The van der Waals surface area contributed by atoms with Crippen LogP contribution in [0.2, 0.25) is 0 Å². The minimum absolute atomic E-state index is 0.253. The van der Waals surface area contributed by atoms with Gasteiger partial charge in [0.25, 0.3) is 5.91 Å². The number of furan rings is 1. The van der Waals surface area contributed by atoms with E-state index in [1.54, 1.807) is 7.11 Å². The fourth-order valence-corrected chi connectivity index (χ4v) is 4.08. The maximum atomic E-state index is 13.0. The molecule has 1 amide bonds. The van der Waals surface area contributed by atoms with E-state index in [0.29, 0.717) is 23.9 Å². The number of thiazole rings is 1. The third-order valence-electron chi connectivity index (χ3n) is 4.74. The number of rotatable bonds is 7. The number of hydrogen-bond acceptors (Lipinski definition) is 6. The number of aryl methyl sites for hydroxylation is 1. The second-order valence-electron chi connectivity index (χ2n) is 6.65. The number of nitrogens with zero attached hydrogens (tertiary/aromatic N) is 1. The van der Waals surface area contributed by atoms with E-state index in [1.807, 2.05) is 62.4 Å². The first-order valence-electron chi connectivity index (χ1n) is 9.62. The van der Waals surface area contributed by atoms with Crippen molar-refractivity contribution in [2.45, 2.75) is 20.5 Å². The molecule has 0 spiro atoms.